The van der Waals surface area contributed by atoms with Crippen LogP contribution in [0.4, 0.5) is 0 Å². The molecule has 0 fully saturated rings. The molecule has 0 atom stereocenters. The summed E-state index contributed by atoms with van der Waals surface area (Å²) in [5.74, 6) is 1.93. The number of carboxylic acid groups (broad SMARTS) is 1. The number of carboxylic acids is 1. The molecule has 0 amide bonds. The maximum Gasteiger partial charge on any atom is 0.303 e. The van der Waals surface area contributed by atoms with Gasteiger partial charge in [0, 0.05) is 25.6 Å². The molecule has 0 aliphatic carbocycles. The van der Waals surface area contributed by atoms with Crippen LogP contribution in [0.1, 0.15) is 23.4 Å². The number of aliphatic carboxylic acids is 1. The average molecular weight is 533 g/mol. The molecule has 0 bridgehead atoms. The van der Waals surface area contributed by atoms with Gasteiger partial charge >= 0.3 is 5.97 Å². The summed E-state index contributed by atoms with van der Waals surface area (Å²) in [5.41, 5.74) is 3.68. The standard InChI is InChI=1S/C30H28N2O5.ClH/c1-32-27-16-24(35-2)12-13-26(27)31-29(32)19-36-25-11-9-22(10-14-30(33)34)28(17-25)37-18-20-7-8-21-5-3-4-6-23(21)15-20;/h3-9,11-13,15-17H,10,14,18-19H2,1-2H3,(H,33,34);1H. The van der Waals surface area contributed by atoms with Crippen molar-refractivity contribution in [3.05, 3.63) is 95.8 Å². The summed E-state index contributed by atoms with van der Waals surface area (Å²) in [5, 5.41) is 11.5. The minimum Gasteiger partial charge on any atom is -0.497 e. The first kappa shape index (κ1) is 26.8. The zero-order valence-corrected chi connectivity index (χ0v) is 22.0. The molecule has 38 heavy (non-hydrogen) atoms. The van der Waals surface area contributed by atoms with Crippen molar-refractivity contribution >= 4 is 40.2 Å². The van der Waals surface area contributed by atoms with E-state index in [-0.39, 0.29) is 25.4 Å². The number of halogens is 1. The van der Waals surface area contributed by atoms with Gasteiger partial charge in [0.1, 0.15) is 36.3 Å². The summed E-state index contributed by atoms with van der Waals surface area (Å²) < 4.78 is 19.6. The van der Waals surface area contributed by atoms with E-state index in [9.17, 15) is 9.90 Å². The van der Waals surface area contributed by atoms with E-state index in [0.29, 0.717) is 24.5 Å². The van der Waals surface area contributed by atoms with E-state index >= 15 is 0 Å². The number of ether oxygens (including phenoxy) is 3. The minimum absolute atomic E-state index is 0. The number of aromatic nitrogens is 2. The third kappa shape index (κ3) is 6.01. The van der Waals surface area contributed by atoms with Crippen LogP contribution in [0.3, 0.4) is 0 Å². The molecule has 0 saturated heterocycles. The predicted molar refractivity (Wildman–Crippen MR) is 150 cm³/mol. The smallest absolute Gasteiger partial charge is 0.303 e. The molecule has 4 aromatic carbocycles. The van der Waals surface area contributed by atoms with Crippen LogP contribution >= 0.6 is 12.4 Å². The van der Waals surface area contributed by atoms with Gasteiger partial charge in [-0.1, -0.05) is 42.5 Å². The summed E-state index contributed by atoms with van der Waals surface area (Å²) in [6, 6.07) is 25.7. The van der Waals surface area contributed by atoms with Crippen LogP contribution < -0.4 is 14.2 Å². The summed E-state index contributed by atoms with van der Waals surface area (Å²) in [7, 11) is 3.59. The number of nitrogens with zero attached hydrogens (tertiary/aromatic N) is 2. The van der Waals surface area contributed by atoms with Gasteiger partial charge in [-0.15, -0.1) is 12.4 Å². The molecule has 196 valence electrons. The topological polar surface area (TPSA) is 82.8 Å². The predicted octanol–water partition coefficient (Wildman–Crippen LogP) is 6.33. The number of methoxy groups -OCH3 is 1. The molecule has 0 spiro atoms. The van der Waals surface area contributed by atoms with Gasteiger partial charge in [0.2, 0.25) is 0 Å². The molecule has 0 radical (unpaired) electrons. The first-order valence-corrected chi connectivity index (χ1v) is 12.1. The van der Waals surface area contributed by atoms with Gasteiger partial charge in [-0.3, -0.25) is 4.79 Å². The molecule has 0 saturated carbocycles. The Hall–Kier alpha value is -4.23. The van der Waals surface area contributed by atoms with Crippen molar-refractivity contribution in [1.82, 2.24) is 9.55 Å². The molecule has 7 nitrogen and oxygen atoms in total. The summed E-state index contributed by atoms with van der Waals surface area (Å²) >= 11 is 0. The number of aryl methyl sites for hydroxylation is 2. The molecule has 0 aliphatic rings. The lowest BCUT2D eigenvalue weighted by Gasteiger charge is -2.14. The third-order valence-electron chi connectivity index (χ3n) is 6.40. The monoisotopic (exact) mass is 532 g/mol. The first-order chi connectivity index (χ1) is 18.0. The van der Waals surface area contributed by atoms with E-state index in [4.69, 9.17) is 14.2 Å². The van der Waals surface area contributed by atoms with Crippen LogP contribution in [0, 0.1) is 0 Å². The van der Waals surface area contributed by atoms with E-state index in [1.165, 1.54) is 5.39 Å². The van der Waals surface area contributed by atoms with Crippen LogP contribution in [0.25, 0.3) is 21.8 Å². The van der Waals surface area contributed by atoms with Crippen molar-refractivity contribution in [2.24, 2.45) is 7.05 Å². The van der Waals surface area contributed by atoms with Gasteiger partial charge in [-0.2, -0.15) is 0 Å². The Kier molecular flexibility index (Phi) is 8.38. The molecule has 5 rings (SSSR count). The number of fused-ring (bicyclic) bond motifs is 2. The van der Waals surface area contributed by atoms with E-state index in [1.807, 2.05) is 66.2 Å². The van der Waals surface area contributed by atoms with Gasteiger partial charge in [0.15, 0.2) is 0 Å². The molecular formula is C30H29ClN2O5. The van der Waals surface area contributed by atoms with Gasteiger partial charge in [0.05, 0.1) is 18.1 Å². The molecule has 0 unspecified atom stereocenters. The van der Waals surface area contributed by atoms with E-state index in [1.54, 1.807) is 7.11 Å². The quantitative estimate of drug-likeness (QED) is 0.226. The highest BCUT2D eigenvalue weighted by atomic mass is 35.5. The maximum atomic E-state index is 11.2. The second-order valence-electron chi connectivity index (χ2n) is 8.86. The van der Waals surface area contributed by atoms with Crippen LogP contribution in [0.2, 0.25) is 0 Å². The zero-order chi connectivity index (χ0) is 25.8. The average Bonchev–Trinajstić information content (AvgIpc) is 3.24. The Morgan fingerprint density at radius 2 is 1.68 bits per heavy atom. The van der Waals surface area contributed by atoms with E-state index in [2.05, 4.69) is 29.2 Å². The molecular weight excluding hydrogens is 504 g/mol. The molecule has 8 heteroatoms. The van der Waals surface area contributed by atoms with Crippen molar-refractivity contribution in [3.8, 4) is 17.2 Å². The highest BCUT2D eigenvalue weighted by Crippen LogP contribution is 2.29. The molecule has 1 N–H and O–H groups in total. The number of rotatable bonds is 10. The van der Waals surface area contributed by atoms with Crippen molar-refractivity contribution in [3.63, 3.8) is 0 Å². The third-order valence-corrected chi connectivity index (χ3v) is 6.40. The van der Waals surface area contributed by atoms with Crippen LogP contribution in [0.5, 0.6) is 17.2 Å². The van der Waals surface area contributed by atoms with E-state index in [0.717, 1.165) is 39.1 Å². The fraction of sp³-hybridized carbons (Fsp3) is 0.200. The lowest BCUT2D eigenvalue weighted by Crippen LogP contribution is -2.05. The van der Waals surface area contributed by atoms with Crippen LogP contribution in [-0.2, 0) is 31.5 Å². The molecule has 0 aliphatic heterocycles. The van der Waals surface area contributed by atoms with Gasteiger partial charge in [0.25, 0.3) is 0 Å². The maximum absolute atomic E-state index is 11.2. The lowest BCUT2D eigenvalue weighted by atomic mass is 10.1. The minimum atomic E-state index is -0.848. The lowest BCUT2D eigenvalue weighted by molar-refractivity contribution is -0.136. The fourth-order valence-electron chi connectivity index (χ4n) is 4.32. The Morgan fingerprint density at radius 1 is 0.895 bits per heavy atom. The number of hydrogen-bond donors (Lipinski definition) is 1. The summed E-state index contributed by atoms with van der Waals surface area (Å²) in [6.07, 6.45) is 0.394. The number of benzene rings is 4. The van der Waals surface area contributed by atoms with Crippen molar-refractivity contribution < 1.29 is 24.1 Å². The van der Waals surface area contributed by atoms with Gasteiger partial charge in [-0.25, -0.2) is 4.98 Å². The van der Waals surface area contributed by atoms with Crippen LogP contribution in [-0.4, -0.2) is 27.7 Å². The second-order valence-corrected chi connectivity index (χ2v) is 8.86. The molecule has 1 aromatic heterocycles. The molecule has 5 aromatic rings. The van der Waals surface area contributed by atoms with Crippen molar-refractivity contribution in [2.75, 3.05) is 7.11 Å². The molecule has 1 heterocycles. The summed E-state index contributed by atoms with van der Waals surface area (Å²) in [4.78, 5) is 15.9. The van der Waals surface area contributed by atoms with Crippen LogP contribution in [0.15, 0.2) is 78.9 Å². The normalized spacial score (nSPS) is 10.8. The van der Waals surface area contributed by atoms with Crippen molar-refractivity contribution in [1.29, 1.82) is 0 Å². The first-order valence-electron chi connectivity index (χ1n) is 12.1. The van der Waals surface area contributed by atoms with Gasteiger partial charge < -0.3 is 23.9 Å². The Balaban J connectivity index is 0.00000336. The van der Waals surface area contributed by atoms with E-state index < -0.39 is 5.97 Å². The second kappa shape index (κ2) is 11.9. The number of hydrogen-bond acceptors (Lipinski definition) is 5. The number of imidazole rings is 1. The van der Waals surface area contributed by atoms with Crippen molar-refractivity contribution in [2.45, 2.75) is 26.1 Å². The van der Waals surface area contributed by atoms with Gasteiger partial charge in [-0.05, 0) is 52.6 Å². The Bertz CT molecular complexity index is 1580. The largest absolute Gasteiger partial charge is 0.497 e. The Morgan fingerprint density at radius 3 is 2.47 bits per heavy atom. The highest BCUT2D eigenvalue weighted by Gasteiger charge is 2.12. The number of carbonyl (C=O) groups is 1. The zero-order valence-electron chi connectivity index (χ0n) is 21.2. The highest BCUT2D eigenvalue weighted by molar-refractivity contribution is 5.85. The fourth-order valence-corrected chi connectivity index (χ4v) is 4.32. The Labute approximate surface area is 227 Å². The summed E-state index contributed by atoms with van der Waals surface area (Å²) in [6.45, 7) is 0.632. The SMILES string of the molecule is COc1ccc2nc(COc3ccc(CCC(=O)O)c(OCc4ccc5ccccc5c4)c3)n(C)c2c1.Cl.